The van der Waals surface area contributed by atoms with Crippen molar-refractivity contribution in [2.45, 2.75) is 25.9 Å². The van der Waals surface area contributed by atoms with Crippen LogP contribution in [0, 0.1) is 0 Å². The number of rotatable bonds is 5. The molecule has 0 aliphatic rings. The second-order valence-corrected chi connectivity index (χ2v) is 4.95. The first-order valence-corrected chi connectivity index (χ1v) is 6.79. The maximum absolute atomic E-state index is 9.63. The minimum Gasteiger partial charge on any atom is -0.504 e. The van der Waals surface area contributed by atoms with Crippen LogP contribution in [0.25, 0.3) is 0 Å². The van der Waals surface area contributed by atoms with Crippen molar-refractivity contribution in [3.63, 3.8) is 0 Å². The first-order valence-electron chi connectivity index (χ1n) is 6.79. The standard InChI is InChI=1S/C17H21NO2/c1-12(14-7-5-4-6-8-14)18-13(2)15-9-10-16(19)17(11-15)20-3/h4-13,18-19H,1-3H3/t12-,13?/m1/s1. The number of nitrogens with one attached hydrogen (secondary N) is 1. The Balaban J connectivity index is 2.10. The van der Waals surface area contributed by atoms with Crippen LogP contribution in [-0.2, 0) is 0 Å². The van der Waals surface area contributed by atoms with Crippen molar-refractivity contribution in [1.29, 1.82) is 0 Å². The number of phenolic OH excluding ortho intramolecular Hbond substituents is 1. The van der Waals surface area contributed by atoms with Crippen LogP contribution in [0.15, 0.2) is 48.5 Å². The van der Waals surface area contributed by atoms with Crippen molar-refractivity contribution in [1.82, 2.24) is 5.32 Å². The second-order valence-electron chi connectivity index (χ2n) is 4.95. The molecule has 0 heterocycles. The van der Waals surface area contributed by atoms with E-state index in [1.807, 2.05) is 30.3 Å². The number of benzene rings is 2. The van der Waals surface area contributed by atoms with E-state index >= 15 is 0 Å². The minimum absolute atomic E-state index is 0.166. The smallest absolute Gasteiger partial charge is 0.160 e. The van der Waals surface area contributed by atoms with Crippen LogP contribution in [-0.4, -0.2) is 12.2 Å². The molecule has 0 aromatic heterocycles. The van der Waals surface area contributed by atoms with Gasteiger partial charge in [-0.25, -0.2) is 0 Å². The average molecular weight is 271 g/mol. The topological polar surface area (TPSA) is 41.5 Å². The van der Waals surface area contributed by atoms with Crippen LogP contribution in [0.2, 0.25) is 0 Å². The Bertz CT molecular complexity index is 554. The Hall–Kier alpha value is -2.00. The van der Waals surface area contributed by atoms with Gasteiger partial charge in [-0.1, -0.05) is 36.4 Å². The first kappa shape index (κ1) is 14.4. The maximum Gasteiger partial charge on any atom is 0.160 e. The lowest BCUT2D eigenvalue weighted by molar-refractivity contribution is 0.371. The number of hydrogen-bond acceptors (Lipinski definition) is 3. The molecule has 0 amide bonds. The van der Waals surface area contributed by atoms with E-state index in [1.165, 1.54) is 5.56 Å². The lowest BCUT2D eigenvalue weighted by Gasteiger charge is -2.21. The summed E-state index contributed by atoms with van der Waals surface area (Å²) in [5, 5.41) is 13.2. The predicted molar refractivity (Wildman–Crippen MR) is 81.1 cm³/mol. The molecule has 2 rings (SSSR count). The third kappa shape index (κ3) is 3.31. The molecule has 2 atom stereocenters. The molecule has 2 aromatic rings. The van der Waals surface area contributed by atoms with Crippen molar-refractivity contribution in [3.8, 4) is 11.5 Å². The molecule has 0 spiro atoms. The Morgan fingerprint density at radius 1 is 0.950 bits per heavy atom. The highest BCUT2D eigenvalue weighted by Crippen LogP contribution is 2.29. The summed E-state index contributed by atoms with van der Waals surface area (Å²) in [4.78, 5) is 0. The van der Waals surface area contributed by atoms with Gasteiger partial charge >= 0.3 is 0 Å². The van der Waals surface area contributed by atoms with Crippen LogP contribution >= 0.6 is 0 Å². The molecule has 3 heteroatoms. The minimum atomic E-state index is 0.166. The van der Waals surface area contributed by atoms with Crippen molar-refractivity contribution in [2.24, 2.45) is 0 Å². The highest BCUT2D eigenvalue weighted by Gasteiger charge is 2.12. The van der Waals surface area contributed by atoms with Crippen molar-refractivity contribution < 1.29 is 9.84 Å². The van der Waals surface area contributed by atoms with Crippen molar-refractivity contribution >= 4 is 0 Å². The molecule has 0 radical (unpaired) electrons. The van der Waals surface area contributed by atoms with Gasteiger partial charge in [0.05, 0.1) is 7.11 Å². The molecule has 20 heavy (non-hydrogen) atoms. The Morgan fingerprint density at radius 3 is 2.25 bits per heavy atom. The molecular formula is C17H21NO2. The number of ether oxygens (including phenoxy) is 1. The van der Waals surface area contributed by atoms with E-state index in [1.54, 1.807) is 13.2 Å². The first-order chi connectivity index (χ1) is 9.61. The Labute approximate surface area is 120 Å². The summed E-state index contributed by atoms with van der Waals surface area (Å²) in [7, 11) is 1.56. The number of aromatic hydroxyl groups is 1. The summed E-state index contributed by atoms with van der Waals surface area (Å²) in [5.41, 5.74) is 2.34. The molecule has 2 N–H and O–H groups in total. The van der Waals surface area contributed by atoms with Crippen LogP contribution in [0.4, 0.5) is 0 Å². The molecule has 0 saturated heterocycles. The van der Waals surface area contributed by atoms with E-state index in [0.717, 1.165) is 5.56 Å². The zero-order valence-electron chi connectivity index (χ0n) is 12.1. The zero-order chi connectivity index (χ0) is 14.5. The molecule has 0 bridgehead atoms. The van der Waals surface area contributed by atoms with Gasteiger partial charge in [0.25, 0.3) is 0 Å². The van der Waals surface area contributed by atoms with Gasteiger partial charge in [-0.2, -0.15) is 0 Å². The van der Waals surface area contributed by atoms with Gasteiger partial charge in [0.15, 0.2) is 11.5 Å². The highest BCUT2D eigenvalue weighted by molar-refractivity contribution is 5.42. The number of hydrogen-bond donors (Lipinski definition) is 2. The molecule has 106 valence electrons. The fourth-order valence-corrected chi connectivity index (χ4v) is 2.27. The van der Waals surface area contributed by atoms with Gasteiger partial charge in [-0.15, -0.1) is 0 Å². The monoisotopic (exact) mass is 271 g/mol. The molecule has 0 aliphatic heterocycles. The summed E-state index contributed by atoms with van der Waals surface area (Å²) in [6.45, 7) is 4.24. The quantitative estimate of drug-likeness (QED) is 0.868. The van der Waals surface area contributed by atoms with Gasteiger partial charge in [0.2, 0.25) is 0 Å². The van der Waals surface area contributed by atoms with Crippen LogP contribution in [0.3, 0.4) is 0 Å². The lowest BCUT2D eigenvalue weighted by Crippen LogP contribution is -2.22. The van der Waals surface area contributed by atoms with Crippen LogP contribution < -0.4 is 10.1 Å². The average Bonchev–Trinajstić information content (AvgIpc) is 2.48. The number of methoxy groups -OCH3 is 1. The van der Waals surface area contributed by atoms with E-state index in [2.05, 4.69) is 31.3 Å². The van der Waals surface area contributed by atoms with Gasteiger partial charge in [0.1, 0.15) is 0 Å². The normalized spacial score (nSPS) is 13.8. The molecule has 1 unspecified atom stereocenters. The lowest BCUT2D eigenvalue weighted by atomic mass is 10.0. The van der Waals surface area contributed by atoms with Gasteiger partial charge in [-0.3, -0.25) is 0 Å². The highest BCUT2D eigenvalue weighted by atomic mass is 16.5. The summed E-state index contributed by atoms with van der Waals surface area (Å²) >= 11 is 0. The van der Waals surface area contributed by atoms with Crippen LogP contribution in [0.5, 0.6) is 11.5 Å². The molecule has 3 nitrogen and oxygen atoms in total. The molecule has 0 saturated carbocycles. The summed E-state index contributed by atoms with van der Waals surface area (Å²) < 4.78 is 5.15. The molecule has 2 aromatic carbocycles. The zero-order valence-corrected chi connectivity index (χ0v) is 12.1. The predicted octanol–water partition coefficient (Wildman–Crippen LogP) is 3.81. The van der Waals surface area contributed by atoms with Crippen molar-refractivity contribution in [2.75, 3.05) is 7.11 Å². The maximum atomic E-state index is 9.63. The molecular weight excluding hydrogens is 250 g/mol. The third-order valence-electron chi connectivity index (χ3n) is 3.50. The van der Waals surface area contributed by atoms with Gasteiger partial charge in [-0.05, 0) is 37.1 Å². The van der Waals surface area contributed by atoms with Gasteiger partial charge < -0.3 is 15.2 Å². The third-order valence-corrected chi connectivity index (χ3v) is 3.50. The SMILES string of the molecule is COc1cc(C(C)N[C@H](C)c2ccccc2)ccc1O. The fourth-order valence-electron chi connectivity index (χ4n) is 2.27. The Morgan fingerprint density at radius 2 is 1.60 bits per heavy atom. The van der Waals surface area contributed by atoms with E-state index in [4.69, 9.17) is 4.74 Å². The summed E-state index contributed by atoms with van der Waals surface area (Å²) in [6, 6.07) is 16.2. The second kappa shape index (κ2) is 6.44. The number of phenols is 1. The Kier molecular flexibility index (Phi) is 4.64. The largest absolute Gasteiger partial charge is 0.504 e. The molecule has 0 fully saturated rings. The van der Waals surface area contributed by atoms with Crippen LogP contribution in [0.1, 0.15) is 37.1 Å². The summed E-state index contributed by atoms with van der Waals surface area (Å²) in [5.74, 6) is 0.670. The van der Waals surface area contributed by atoms with Gasteiger partial charge in [0, 0.05) is 12.1 Å². The fraction of sp³-hybridized carbons (Fsp3) is 0.294. The van der Waals surface area contributed by atoms with E-state index in [0.29, 0.717) is 5.75 Å². The summed E-state index contributed by atoms with van der Waals surface area (Å²) in [6.07, 6.45) is 0. The van der Waals surface area contributed by atoms with E-state index < -0.39 is 0 Å². The van der Waals surface area contributed by atoms with E-state index in [-0.39, 0.29) is 17.8 Å². The van der Waals surface area contributed by atoms with E-state index in [9.17, 15) is 5.11 Å². The van der Waals surface area contributed by atoms with Crippen molar-refractivity contribution in [3.05, 3.63) is 59.7 Å². The molecule has 0 aliphatic carbocycles.